The van der Waals surface area contributed by atoms with E-state index in [-0.39, 0.29) is 24.0 Å². The highest BCUT2D eigenvalue weighted by molar-refractivity contribution is 14.0. The number of halogens is 1. The van der Waals surface area contributed by atoms with Gasteiger partial charge in [0.05, 0.1) is 11.6 Å². The van der Waals surface area contributed by atoms with Crippen molar-refractivity contribution in [2.24, 2.45) is 4.99 Å². The van der Waals surface area contributed by atoms with E-state index in [2.05, 4.69) is 20.6 Å². The number of aryl methyl sites for hydroxylation is 1. The van der Waals surface area contributed by atoms with Crippen molar-refractivity contribution in [3.05, 3.63) is 33.1 Å². The van der Waals surface area contributed by atoms with Crippen LogP contribution in [0.2, 0.25) is 0 Å². The Bertz CT molecular complexity index is 830. The van der Waals surface area contributed by atoms with Crippen LogP contribution >= 0.6 is 46.7 Å². The molecule has 0 atom stereocenters. The second-order valence-electron chi connectivity index (χ2n) is 5.48. The molecule has 0 unspecified atom stereocenters. The maximum Gasteiger partial charge on any atom is 0.252 e. The van der Waals surface area contributed by atoms with E-state index in [1.807, 2.05) is 19.2 Å². The summed E-state index contributed by atoms with van der Waals surface area (Å²) in [5, 5.41) is 7.53. The van der Waals surface area contributed by atoms with E-state index < -0.39 is 10.0 Å². The van der Waals surface area contributed by atoms with Gasteiger partial charge >= 0.3 is 0 Å². The Hall–Kier alpha value is -0.760. The molecule has 0 fully saturated rings. The highest BCUT2D eigenvalue weighted by atomic mass is 127. The van der Waals surface area contributed by atoms with Crippen LogP contribution in [0.25, 0.3) is 0 Å². The predicted octanol–water partition coefficient (Wildman–Crippen LogP) is 2.29. The summed E-state index contributed by atoms with van der Waals surface area (Å²) in [6.45, 7) is 3.29. The number of rotatable bonds is 7. The largest absolute Gasteiger partial charge is 0.356 e. The van der Waals surface area contributed by atoms with Crippen molar-refractivity contribution in [2.75, 3.05) is 27.7 Å². The standard InChI is InChI=1S/C15H23N5O2S3.HI/c1-11-9-18-13(23-11)7-8-17-15(16-2)19-10-12-5-6-14(24-12)25(21,22)20(3)4;/h5-6,9H,7-8,10H2,1-4H3,(H2,16,17,19);1H. The highest BCUT2D eigenvalue weighted by Gasteiger charge is 2.19. The lowest BCUT2D eigenvalue weighted by Gasteiger charge is -2.10. The number of hydrogen-bond acceptors (Lipinski definition) is 6. The summed E-state index contributed by atoms with van der Waals surface area (Å²) in [4.78, 5) is 10.6. The van der Waals surface area contributed by atoms with Crippen LogP contribution in [0.15, 0.2) is 27.5 Å². The molecule has 146 valence electrons. The van der Waals surface area contributed by atoms with Gasteiger partial charge in [0, 0.05) is 50.1 Å². The van der Waals surface area contributed by atoms with Gasteiger partial charge in [0.2, 0.25) is 0 Å². The number of nitrogens with zero attached hydrogens (tertiary/aromatic N) is 3. The number of thiazole rings is 1. The van der Waals surface area contributed by atoms with Gasteiger partial charge in [0.1, 0.15) is 4.21 Å². The molecule has 0 aliphatic heterocycles. The minimum Gasteiger partial charge on any atom is -0.356 e. The molecule has 11 heteroatoms. The number of guanidine groups is 1. The summed E-state index contributed by atoms with van der Waals surface area (Å²) in [5.74, 6) is 0.679. The van der Waals surface area contributed by atoms with Crippen molar-refractivity contribution in [1.29, 1.82) is 0 Å². The molecule has 26 heavy (non-hydrogen) atoms. The molecule has 0 saturated carbocycles. The number of aromatic nitrogens is 1. The first kappa shape index (κ1) is 23.3. The molecule has 0 spiro atoms. The summed E-state index contributed by atoms with van der Waals surface area (Å²) >= 11 is 2.95. The van der Waals surface area contributed by atoms with Crippen molar-refractivity contribution >= 4 is 62.6 Å². The Labute approximate surface area is 180 Å². The van der Waals surface area contributed by atoms with Gasteiger partial charge in [-0.1, -0.05) is 0 Å². The van der Waals surface area contributed by atoms with Crippen LogP contribution in [0.5, 0.6) is 0 Å². The van der Waals surface area contributed by atoms with Gasteiger partial charge < -0.3 is 10.6 Å². The average Bonchev–Trinajstić information content (AvgIpc) is 3.20. The fraction of sp³-hybridized carbons (Fsp3) is 0.467. The van der Waals surface area contributed by atoms with Crippen molar-refractivity contribution in [1.82, 2.24) is 19.9 Å². The lowest BCUT2D eigenvalue weighted by atomic mass is 10.4. The Kier molecular flexibility index (Phi) is 9.44. The van der Waals surface area contributed by atoms with Gasteiger partial charge in [0.15, 0.2) is 5.96 Å². The van der Waals surface area contributed by atoms with Gasteiger partial charge in [-0.2, -0.15) is 0 Å². The first-order valence-electron chi connectivity index (χ1n) is 7.70. The molecule has 2 N–H and O–H groups in total. The quantitative estimate of drug-likeness (QED) is 0.327. The summed E-state index contributed by atoms with van der Waals surface area (Å²) in [5.41, 5.74) is 0. The first-order chi connectivity index (χ1) is 11.8. The van der Waals surface area contributed by atoms with Crippen LogP contribution in [0.1, 0.15) is 14.8 Å². The van der Waals surface area contributed by atoms with Crippen LogP contribution in [-0.2, 0) is 23.0 Å². The first-order valence-corrected chi connectivity index (χ1v) is 10.8. The molecule has 0 aliphatic carbocycles. The molecule has 0 aromatic carbocycles. The molecule has 2 rings (SSSR count). The van der Waals surface area contributed by atoms with Crippen LogP contribution in [0, 0.1) is 6.92 Å². The summed E-state index contributed by atoms with van der Waals surface area (Å²) < 4.78 is 25.7. The van der Waals surface area contributed by atoms with Gasteiger partial charge in [0.25, 0.3) is 10.0 Å². The molecular formula is C15H24IN5O2S3. The minimum absolute atomic E-state index is 0. The summed E-state index contributed by atoms with van der Waals surface area (Å²) in [6, 6.07) is 3.46. The number of thiophene rings is 1. The molecular weight excluding hydrogens is 505 g/mol. The molecule has 0 aliphatic rings. The Morgan fingerprint density at radius 3 is 2.58 bits per heavy atom. The van der Waals surface area contributed by atoms with E-state index >= 15 is 0 Å². The zero-order chi connectivity index (χ0) is 18.4. The Morgan fingerprint density at radius 1 is 1.27 bits per heavy atom. The molecule has 2 heterocycles. The van der Waals surface area contributed by atoms with Gasteiger partial charge in [-0.05, 0) is 19.1 Å². The van der Waals surface area contributed by atoms with Crippen LogP contribution in [0.4, 0.5) is 0 Å². The number of aliphatic imine (C=N–C) groups is 1. The normalized spacial score (nSPS) is 12.1. The molecule has 2 aromatic heterocycles. The third-order valence-electron chi connectivity index (χ3n) is 3.33. The lowest BCUT2D eigenvalue weighted by molar-refractivity contribution is 0.523. The van der Waals surface area contributed by atoms with Crippen molar-refractivity contribution in [2.45, 2.75) is 24.1 Å². The van der Waals surface area contributed by atoms with E-state index in [1.165, 1.54) is 34.6 Å². The minimum atomic E-state index is -3.37. The lowest BCUT2D eigenvalue weighted by Crippen LogP contribution is -2.37. The number of nitrogens with one attached hydrogen (secondary N) is 2. The monoisotopic (exact) mass is 529 g/mol. The third kappa shape index (κ3) is 6.44. The zero-order valence-corrected chi connectivity index (χ0v) is 19.9. The average molecular weight is 529 g/mol. The molecule has 0 saturated heterocycles. The van der Waals surface area contributed by atoms with Crippen molar-refractivity contribution in [3.8, 4) is 0 Å². The van der Waals surface area contributed by atoms with Crippen LogP contribution < -0.4 is 10.6 Å². The van der Waals surface area contributed by atoms with Gasteiger partial charge in [-0.15, -0.1) is 46.7 Å². The van der Waals surface area contributed by atoms with E-state index in [4.69, 9.17) is 0 Å². The molecule has 0 radical (unpaired) electrons. The zero-order valence-electron chi connectivity index (χ0n) is 15.1. The topological polar surface area (TPSA) is 86.7 Å². The SMILES string of the molecule is CN=C(NCCc1ncc(C)s1)NCc1ccc(S(=O)(=O)N(C)C)s1.I. The van der Waals surface area contributed by atoms with Gasteiger partial charge in [-0.3, -0.25) is 4.99 Å². The maximum absolute atomic E-state index is 12.1. The van der Waals surface area contributed by atoms with Crippen molar-refractivity contribution < 1.29 is 8.42 Å². The predicted molar refractivity (Wildman–Crippen MR) is 119 cm³/mol. The smallest absolute Gasteiger partial charge is 0.252 e. The fourth-order valence-corrected chi connectivity index (χ4v) is 5.22. The second-order valence-corrected chi connectivity index (χ2v) is 10.3. The van der Waals surface area contributed by atoms with Crippen LogP contribution in [-0.4, -0.2) is 51.4 Å². The summed E-state index contributed by atoms with van der Waals surface area (Å²) in [6.07, 6.45) is 2.71. The van der Waals surface area contributed by atoms with E-state index in [9.17, 15) is 8.42 Å². The van der Waals surface area contributed by atoms with E-state index in [0.717, 1.165) is 22.9 Å². The molecule has 0 bridgehead atoms. The third-order valence-corrected chi connectivity index (χ3v) is 7.67. The maximum atomic E-state index is 12.1. The van der Waals surface area contributed by atoms with E-state index in [0.29, 0.717) is 16.7 Å². The number of hydrogen-bond donors (Lipinski definition) is 2. The highest BCUT2D eigenvalue weighted by Crippen LogP contribution is 2.23. The number of sulfonamides is 1. The molecule has 7 nitrogen and oxygen atoms in total. The van der Waals surface area contributed by atoms with Gasteiger partial charge in [-0.25, -0.2) is 17.7 Å². The fourth-order valence-electron chi connectivity index (χ4n) is 1.97. The van der Waals surface area contributed by atoms with Crippen LogP contribution in [0.3, 0.4) is 0 Å². The van der Waals surface area contributed by atoms with Crippen molar-refractivity contribution in [3.63, 3.8) is 0 Å². The summed E-state index contributed by atoms with van der Waals surface area (Å²) in [7, 11) is 1.40. The van der Waals surface area contributed by atoms with E-state index in [1.54, 1.807) is 24.5 Å². The molecule has 2 aromatic rings. The Morgan fingerprint density at radius 2 is 2.00 bits per heavy atom. The Balaban J connectivity index is 0.00000338. The second kappa shape index (κ2) is 10.5. The molecule has 0 amide bonds.